The molecule has 6 heteroatoms. The maximum Gasteiger partial charge on any atom is 0.336 e. The molecule has 0 aliphatic heterocycles. The number of hydrogen-bond donors (Lipinski definition) is 2. The summed E-state index contributed by atoms with van der Waals surface area (Å²) in [5.74, 6) is -1.82. The zero-order valence-electron chi connectivity index (χ0n) is 12.7. The molecule has 118 valence electrons. The number of carbonyl (C=O) groups is 3. The molecule has 2 amide bonds. The average Bonchev–Trinajstić information content (AvgIpc) is 2.54. The van der Waals surface area contributed by atoms with Gasteiger partial charge in [-0.15, -0.1) is 0 Å². The molecule has 2 N–H and O–H groups in total. The summed E-state index contributed by atoms with van der Waals surface area (Å²) in [7, 11) is 1.63. The van der Waals surface area contributed by atoms with Crippen LogP contribution in [-0.2, 0) is 4.79 Å². The van der Waals surface area contributed by atoms with Gasteiger partial charge in [0.15, 0.2) is 0 Å². The summed E-state index contributed by atoms with van der Waals surface area (Å²) in [6.07, 6.45) is 0. The molecule has 0 radical (unpaired) electrons. The fourth-order valence-electron chi connectivity index (χ4n) is 2.04. The summed E-state index contributed by atoms with van der Waals surface area (Å²) in [6.45, 7) is 1.44. The van der Waals surface area contributed by atoms with Gasteiger partial charge in [0.2, 0.25) is 5.91 Å². The molecule has 0 saturated carbocycles. The van der Waals surface area contributed by atoms with Crippen LogP contribution in [0.25, 0.3) is 0 Å². The van der Waals surface area contributed by atoms with Crippen molar-refractivity contribution in [3.05, 3.63) is 59.7 Å². The first-order chi connectivity index (χ1) is 10.9. The quantitative estimate of drug-likeness (QED) is 0.908. The summed E-state index contributed by atoms with van der Waals surface area (Å²) in [4.78, 5) is 36.3. The van der Waals surface area contributed by atoms with E-state index in [1.807, 2.05) is 0 Å². The van der Waals surface area contributed by atoms with Crippen molar-refractivity contribution in [2.45, 2.75) is 6.92 Å². The fraction of sp³-hybridized carbons (Fsp3) is 0.118. The Morgan fingerprint density at radius 2 is 1.65 bits per heavy atom. The van der Waals surface area contributed by atoms with Crippen LogP contribution >= 0.6 is 0 Å². The lowest BCUT2D eigenvalue weighted by molar-refractivity contribution is -0.116. The lowest BCUT2D eigenvalue weighted by atomic mass is 10.1. The second kappa shape index (κ2) is 6.74. The summed E-state index contributed by atoms with van der Waals surface area (Å²) in [5.41, 5.74) is 1.11. The van der Waals surface area contributed by atoms with Gasteiger partial charge in [0.05, 0.1) is 11.1 Å². The Morgan fingerprint density at radius 3 is 2.26 bits per heavy atom. The second-order valence-corrected chi connectivity index (χ2v) is 4.93. The van der Waals surface area contributed by atoms with Gasteiger partial charge < -0.3 is 15.3 Å². The molecule has 0 heterocycles. The van der Waals surface area contributed by atoms with Gasteiger partial charge in [-0.2, -0.15) is 0 Å². The zero-order valence-corrected chi connectivity index (χ0v) is 12.7. The highest BCUT2D eigenvalue weighted by Gasteiger charge is 2.16. The molecule has 23 heavy (non-hydrogen) atoms. The Kier molecular flexibility index (Phi) is 4.75. The van der Waals surface area contributed by atoms with Gasteiger partial charge in [-0.3, -0.25) is 9.59 Å². The maximum absolute atomic E-state index is 12.3. The molecule has 0 unspecified atom stereocenters. The van der Waals surface area contributed by atoms with E-state index in [9.17, 15) is 14.4 Å². The Morgan fingerprint density at radius 1 is 1.00 bits per heavy atom. The van der Waals surface area contributed by atoms with Crippen LogP contribution in [-0.4, -0.2) is 29.9 Å². The van der Waals surface area contributed by atoms with Gasteiger partial charge in [-0.25, -0.2) is 4.79 Å². The van der Waals surface area contributed by atoms with Crippen LogP contribution in [0.3, 0.4) is 0 Å². The van der Waals surface area contributed by atoms with Gasteiger partial charge >= 0.3 is 5.97 Å². The minimum Gasteiger partial charge on any atom is -0.478 e. The minimum absolute atomic E-state index is 0.0676. The molecule has 0 aliphatic carbocycles. The van der Waals surface area contributed by atoms with Crippen molar-refractivity contribution in [3.8, 4) is 0 Å². The molecule has 2 rings (SSSR count). The molecule has 0 aromatic heterocycles. The van der Waals surface area contributed by atoms with Gasteiger partial charge in [0.25, 0.3) is 5.91 Å². The van der Waals surface area contributed by atoms with Gasteiger partial charge in [-0.1, -0.05) is 18.2 Å². The third-order valence-corrected chi connectivity index (χ3v) is 3.37. The van der Waals surface area contributed by atoms with Crippen LogP contribution in [0.4, 0.5) is 11.4 Å². The molecule has 2 aromatic rings. The number of amides is 2. The standard InChI is InChI=1S/C17H16N2O4/c1-11(20)19(2)13-7-5-6-12(10-13)18-16(21)14-8-3-4-9-15(14)17(22)23/h3-10H,1-2H3,(H,18,21)(H,22,23). The summed E-state index contributed by atoms with van der Waals surface area (Å²) in [6, 6.07) is 12.7. The number of carboxylic acid groups (broad SMARTS) is 1. The van der Waals surface area contributed by atoms with E-state index < -0.39 is 11.9 Å². The van der Waals surface area contributed by atoms with Crippen LogP contribution < -0.4 is 10.2 Å². The van der Waals surface area contributed by atoms with Crippen molar-refractivity contribution in [1.29, 1.82) is 0 Å². The predicted molar refractivity (Wildman–Crippen MR) is 86.9 cm³/mol. The first-order valence-electron chi connectivity index (χ1n) is 6.88. The van der Waals surface area contributed by atoms with E-state index in [-0.39, 0.29) is 17.0 Å². The van der Waals surface area contributed by atoms with Crippen molar-refractivity contribution < 1.29 is 19.5 Å². The highest BCUT2D eigenvalue weighted by atomic mass is 16.4. The highest BCUT2D eigenvalue weighted by molar-refractivity contribution is 6.10. The number of carbonyl (C=O) groups excluding carboxylic acids is 2. The topological polar surface area (TPSA) is 86.7 Å². The molecular formula is C17H16N2O4. The number of anilines is 2. The van der Waals surface area contributed by atoms with E-state index in [0.717, 1.165) is 0 Å². The highest BCUT2D eigenvalue weighted by Crippen LogP contribution is 2.20. The fourth-order valence-corrected chi connectivity index (χ4v) is 2.04. The largest absolute Gasteiger partial charge is 0.478 e. The van der Waals surface area contributed by atoms with Crippen molar-refractivity contribution in [3.63, 3.8) is 0 Å². The Bertz CT molecular complexity index is 771. The smallest absolute Gasteiger partial charge is 0.336 e. The van der Waals surface area contributed by atoms with E-state index >= 15 is 0 Å². The number of aromatic carboxylic acids is 1. The third-order valence-electron chi connectivity index (χ3n) is 3.37. The molecular weight excluding hydrogens is 296 g/mol. The van der Waals surface area contributed by atoms with Crippen molar-refractivity contribution in [2.24, 2.45) is 0 Å². The van der Waals surface area contributed by atoms with Crippen LogP contribution in [0.2, 0.25) is 0 Å². The van der Waals surface area contributed by atoms with Crippen molar-refractivity contribution in [2.75, 3.05) is 17.3 Å². The number of benzene rings is 2. The van der Waals surface area contributed by atoms with Crippen LogP contribution in [0, 0.1) is 0 Å². The van der Waals surface area contributed by atoms with Crippen molar-refractivity contribution >= 4 is 29.2 Å². The molecule has 0 atom stereocenters. The zero-order chi connectivity index (χ0) is 17.0. The molecule has 0 spiro atoms. The van der Waals surface area contributed by atoms with Crippen LogP contribution in [0.15, 0.2) is 48.5 Å². The monoisotopic (exact) mass is 312 g/mol. The predicted octanol–water partition coefficient (Wildman–Crippen LogP) is 2.62. The molecule has 2 aromatic carbocycles. The molecule has 6 nitrogen and oxygen atoms in total. The lowest BCUT2D eigenvalue weighted by Gasteiger charge is -2.16. The van der Waals surface area contributed by atoms with Gasteiger partial charge in [0.1, 0.15) is 0 Å². The number of nitrogens with zero attached hydrogens (tertiary/aromatic N) is 1. The van der Waals surface area contributed by atoms with E-state index in [4.69, 9.17) is 5.11 Å². The Balaban J connectivity index is 2.26. The first-order valence-corrected chi connectivity index (χ1v) is 6.88. The second-order valence-electron chi connectivity index (χ2n) is 4.93. The minimum atomic E-state index is -1.17. The average molecular weight is 312 g/mol. The van der Waals surface area contributed by atoms with E-state index in [0.29, 0.717) is 11.4 Å². The van der Waals surface area contributed by atoms with Crippen LogP contribution in [0.1, 0.15) is 27.6 Å². The lowest BCUT2D eigenvalue weighted by Crippen LogP contribution is -2.23. The molecule has 0 aliphatic rings. The van der Waals surface area contributed by atoms with Gasteiger partial charge in [-0.05, 0) is 30.3 Å². The Labute approximate surface area is 133 Å². The van der Waals surface area contributed by atoms with Crippen LogP contribution in [0.5, 0.6) is 0 Å². The van der Waals surface area contributed by atoms with Crippen molar-refractivity contribution in [1.82, 2.24) is 0 Å². The van der Waals surface area contributed by atoms with E-state index in [1.54, 1.807) is 43.4 Å². The first kappa shape index (κ1) is 16.2. The summed E-state index contributed by atoms with van der Waals surface area (Å²) in [5, 5.41) is 11.8. The summed E-state index contributed by atoms with van der Waals surface area (Å²) < 4.78 is 0. The number of hydrogen-bond acceptors (Lipinski definition) is 3. The molecule has 0 fully saturated rings. The normalized spacial score (nSPS) is 10.0. The number of carboxylic acids is 1. The molecule has 0 bridgehead atoms. The summed E-state index contributed by atoms with van der Waals surface area (Å²) >= 11 is 0. The van der Waals surface area contributed by atoms with E-state index in [1.165, 1.54) is 24.0 Å². The maximum atomic E-state index is 12.3. The van der Waals surface area contributed by atoms with Gasteiger partial charge in [0, 0.05) is 25.3 Å². The number of nitrogens with one attached hydrogen (secondary N) is 1. The molecule has 0 saturated heterocycles. The Hall–Kier alpha value is -3.15. The SMILES string of the molecule is CC(=O)N(C)c1cccc(NC(=O)c2ccccc2C(=O)O)c1. The number of rotatable bonds is 4. The van der Waals surface area contributed by atoms with E-state index in [2.05, 4.69) is 5.32 Å². The third kappa shape index (κ3) is 3.74.